The first-order chi connectivity index (χ1) is 13.0. The van der Waals surface area contributed by atoms with Gasteiger partial charge in [0.2, 0.25) is 0 Å². The number of carbonyl (C=O) groups excluding carboxylic acids is 1. The molecule has 2 nitrogen and oxygen atoms in total. The van der Waals surface area contributed by atoms with Gasteiger partial charge in [-0.1, -0.05) is 31.9 Å². The van der Waals surface area contributed by atoms with Crippen LogP contribution in [0.15, 0.2) is 36.4 Å². The molecule has 0 spiro atoms. The number of ether oxygens (including phenoxy) is 1. The largest absolute Gasteiger partial charge is 0.423 e. The predicted molar refractivity (Wildman–Crippen MR) is 97.3 cm³/mol. The van der Waals surface area contributed by atoms with E-state index in [1.54, 1.807) is 12.1 Å². The van der Waals surface area contributed by atoms with Crippen LogP contribution in [0.2, 0.25) is 0 Å². The van der Waals surface area contributed by atoms with Crippen molar-refractivity contribution in [3.05, 3.63) is 65.0 Å². The average Bonchev–Trinajstić information content (AvgIpc) is 2.67. The third-order valence-electron chi connectivity index (χ3n) is 5.33. The highest BCUT2D eigenvalue weighted by molar-refractivity contribution is 5.91. The van der Waals surface area contributed by atoms with Crippen LogP contribution in [0.1, 0.15) is 67.3 Å². The summed E-state index contributed by atoms with van der Waals surface area (Å²) in [6.45, 7) is 2.22. The second-order valence-electron chi connectivity index (χ2n) is 7.22. The van der Waals surface area contributed by atoms with Crippen LogP contribution in [-0.2, 0) is 0 Å². The Labute approximate surface area is 157 Å². The minimum absolute atomic E-state index is 0.286. The molecule has 144 valence electrons. The van der Waals surface area contributed by atoms with Crippen LogP contribution in [0.25, 0.3) is 0 Å². The van der Waals surface area contributed by atoms with Crippen LogP contribution >= 0.6 is 0 Å². The number of carbonyl (C=O) groups is 1. The normalized spacial score (nSPS) is 19.7. The highest BCUT2D eigenvalue weighted by atomic mass is 19.2. The third kappa shape index (κ3) is 4.71. The third-order valence-corrected chi connectivity index (χ3v) is 5.33. The molecule has 0 radical (unpaired) electrons. The number of esters is 1. The van der Waals surface area contributed by atoms with Gasteiger partial charge < -0.3 is 4.74 Å². The Morgan fingerprint density at radius 3 is 2.15 bits per heavy atom. The fraction of sp³-hybridized carbons (Fsp3) is 0.409. The van der Waals surface area contributed by atoms with E-state index in [2.05, 4.69) is 6.92 Å². The van der Waals surface area contributed by atoms with Gasteiger partial charge in [0.1, 0.15) is 5.75 Å². The number of halogens is 3. The molecule has 1 fully saturated rings. The Morgan fingerprint density at radius 1 is 1.00 bits per heavy atom. The maximum atomic E-state index is 13.3. The molecule has 0 saturated heterocycles. The Kier molecular flexibility index (Phi) is 6.19. The maximum absolute atomic E-state index is 13.3. The van der Waals surface area contributed by atoms with Gasteiger partial charge in [-0.3, -0.25) is 0 Å². The van der Waals surface area contributed by atoms with Crippen molar-refractivity contribution in [1.82, 2.24) is 0 Å². The lowest BCUT2D eigenvalue weighted by Crippen LogP contribution is -2.13. The lowest BCUT2D eigenvalue weighted by atomic mass is 9.77. The average molecular weight is 376 g/mol. The van der Waals surface area contributed by atoms with Crippen molar-refractivity contribution in [3.8, 4) is 5.75 Å². The molecule has 1 aliphatic carbocycles. The minimum Gasteiger partial charge on any atom is -0.423 e. The van der Waals surface area contributed by atoms with Crippen LogP contribution in [0, 0.1) is 23.4 Å². The molecular weight excluding hydrogens is 353 g/mol. The summed E-state index contributed by atoms with van der Waals surface area (Å²) < 4.78 is 44.6. The van der Waals surface area contributed by atoms with Crippen molar-refractivity contribution in [1.29, 1.82) is 0 Å². The minimum atomic E-state index is -1.61. The quantitative estimate of drug-likeness (QED) is 0.343. The zero-order valence-electron chi connectivity index (χ0n) is 15.3. The second kappa shape index (κ2) is 8.59. The first-order valence-corrected chi connectivity index (χ1v) is 9.44. The Morgan fingerprint density at radius 2 is 1.59 bits per heavy atom. The monoisotopic (exact) mass is 376 g/mol. The van der Waals surface area contributed by atoms with Crippen molar-refractivity contribution in [3.63, 3.8) is 0 Å². The summed E-state index contributed by atoms with van der Waals surface area (Å²) in [5.74, 6) is -3.74. The van der Waals surface area contributed by atoms with Crippen LogP contribution in [0.5, 0.6) is 5.75 Å². The summed E-state index contributed by atoms with van der Waals surface area (Å²) in [6.07, 6.45) is 7.35. The van der Waals surface area contributed by atoms with Crippen molar-refractivity contribution in [2.24, 2.45) is 5.92 Å². The van der Waals surface area contributed by atoms with Gasteiger partial charge in [-0.25, -0.2) is 18.0 Å². The van der Waals surface area contributed by atoms with Gasteiger partial charge in [-0.05, 0) is 67.3 Å². The van der Waals surface area contributed by atoms with Gasteiger partial charge in [0.05, 0.1) is 5.56 Å². The number of benzene rings is 2. The van der Waals surface area contributed by atoms with E-state index in [1.165, 1.54) is 31.2 Å². The van der Waals surface area contributed by atoms with Crippen LogP contribution in [0.4, 0.5) is 13.2 Å². The van der Waals surface area contributed by atoms with Gasteiger partial charge in [0.25, 0.3) is 0 Å². The van der Waals surface area contributed by atoms with Crippen molar-refractivity contribution in [2.45, 2.75) is 51.4 Å². The summed E-state index contributed by atoms with van der Waals surface area (Å²) in [6, 6.07) is 8.48. The first-order valence-electron chi connectivity index (χ1n) is 9.44. The fourth-order valence-corrected chi connectivity index (χ4v) is 3.84. The molecule has 0 aromatic heterocycles. The zero-order chi connectivity index (χ0) is 19.4. The molecule has 0 N–H and O–H groups in total. The summed E-state index contributed by atoms with van der Waals surface area (Å²) in [7, 11) is 0. The molecule has 27 heavy (non-hydrogen) atoms. The van der Waals surface area contributed by atoms with Gasteiger partial charge in [0.15, 0.2) is 17.5 Å². The second-order valence-corrected chi connectivity index (χ2v) is 7.22. The lowest BCUT2D eigenvalue weighted by Gasteiger charge is -2.28. The van der Waals surface area contributed by atoms with Gasteiger partial charge in [0, 0.05) is 0 Å². The summed E-state index contributed by atoms with van der Waals surface area (Å²) in [5, 5.41) is 0. The SMILES string of the molecule is CCCC1CCC(c2ccc(OC(=O)c3cc(F)c(F)c(F)c3)cc2)CC1. The van der Waals surface area contributed by atoms with E-state index in [1.807, 2.05) is 12.1 Å². The van der Waals surface area contributed by atoms with Crippen LogP contribution < -0.4 is 4.74 Å². The predicted octanol–water partition coefficient (Wildman–Crippen LogP) is 6.40. The van der Waals surface area contributed by atoms with Crippen LogP contribution in [0.3, 0.4) is 0 Å². The molecular formula is C22H23F3O2. The molecule has 0 heterocycles. The van der Waals surface area contributed by atoms with Crippen molar-refractivity contribution in [2.75, 3.05) is 0 Å². The molecule has 0 aliphatic heterocycles. The number of rotatable bonds is 5. The topological polar surface area (TPSA) is 26.3 Å². The van der Waals surface area contributed by atoms with Crippen molar-refractivity contribution >= 4 is 5.97 Å². The molecule has 0 amide bonds. The smallest absolute Gasteiger partial charge is 0.343 e. The van der Waals surface area contributed by atoms with E-state index < -0.39 is 23.4 Å². The standard InChI is InChI=1S/C22H23F3O2/c1-2-3-14-4-6-15(7-5-14)16-8-10-18(11-9-16)27-22(26)17-12-19(23)21(25)20(24)13-17/h8-15H,2-7H2,1H3. The Bertz CT molecular complexity index is 771. The van der Waals surface area contributed by atoms with Crippen LogP contribution in [-0.4, -0.2) is 5.97 Å². The lowest BCUT2D eigenvalue weighted by molar-refractivity contribution is 0.0733. The molecule has 0 bridgehead atoms. The van der Waals surface area contributed by atoms with Crippen molar-refractivity contribution < 1.29 is 22.7 Å². The molecule has 3 rings (SSSR count). The van der Waals surface area contributed by atoms with E-state index in [-0.39, 0.29) is 11.3 Å². The Balaban J connectivity index is 1.62. The fourth-order valence-electron chi connectivity index (χ4n) is 3.84. The van der Waals surface area contributed by atoms with Gasteiger partial charge in [-0.2, -0.15) is 0 Å². The van der Waals surface area contributed by atoms with E-state index >= 15 is 0 Å². The van der Waals surface area contributed by atoms with E-state index in [9.17, 15) is 18.0 Å². The van der Waals surface area contributed by atoms with E-state index in [4.69, 9.17) is 4.74 Å². The first kappa shape index (κ1) is 19.5. The zero-order valence-corrected chi connectivity index (χ0v) is 15.3. The summed E-state index contributed by atoms with van der Waals surface area (Å²) in [5.41, 5.74) is 0.841. The van der Waals surface area contributed by atoms with Gasteiger partial charge >= 0.3 is 5.97 Å². The molecule has 5 heteroatoms. The highest BCUT2D eigenvalue weighted by Gasteiger charge is 2.22. The highest BCUT2D eigenvalue weighted by Crippen LogP contribution is 2.37. The maximum Gasteiger partial charge on any atom is 0.343 e. The summed E-state index contributed by atoms with van der Waals surface area (Å²) >= 11 is 0. The summed E-state index contributed by atoms with van der Waals surface area (Å²) in [4.78, 5) is 12.0. The molecule has 1 aliphatic rings. The Hall–Kier alpha value is -2.30. The molecule has 0 unspecified atom stereocenters. The molecule has 0 atom stereocenters. The van der Waals surface area contributed by atoms with Gasteiger partial charge in [-0.15, -0.1) is 0 Å². The molecule has 2 aromatic rings. The van der Waals surface area contributed by atoms with E-state index in [0.29, 0.717) is 18.1 Å². The number of hydrogen-bond acceptors (Lipinski definition) is 2. The molecule has 1 saturated carbocycles. The van der Waals surface area contributed by atoms with E-state index in [0.717, 1.165) is 18.8 Å². The molecule has 2 aromatic carbocycles. The number of hydrogen-bond donors (Lipinski definition) is 0.